The van der Waals surface area contributed by atoms with Gasteiger partial charge in [-0.25, -0.2) is 9.37 Å². The predicted octanol–water partition coefficient (Wildman–Crippen LogP) is 3.77. The van der Waals surface area contributed by atoms with Crippen molar-refractivity contribution in [2.75, 3.05) is 34.0 Å². The standard InChI is InChI=1S/C23H26FN3O4S/c1-14-18-21(30-3)26-17(12-29-2)27-22(18)32-19(14)20(28)25-13-23(8-10-31-11-9-23)15-4-6-16(24)7-5-15/h4-7H,8-13H2,1-3H3,(H,25,28). The number of nitrogens with zero attached hydrogens (tertiary/aromatic N) is 2. The van der Waals surface area contributed by atoms with Crippen LogP contribution in [-0.4, -0.2) is 49.9 Å². The van der Waals surface area contributed by atoms with E-state index in [0.29, 0.717) is 41.2 Å². The van der Waals surface area contributed by atoms with E-state index in [9.17, 15) is 9.18 Å². The number of rotatable bonds is 7. The highest BCUT2D eigenvalue weighted by Gasteiger charge is 2.35. The minimum atomic E-state index is -0.296. The van der Waals surface area contributed by atoms with Gasteiger partial charge in [-0.1, -0.05) is 12.1 Å². The highest BCUT2D eigenvalue weighted by atomic mass is 32.1. The van der Waals surface area contributed by atoms with E-state index in [1.807, 2.05) is 6.92 Å². The number of aromatic nitrogens is 2. The number of amides is 1. The molecule has 1 aliphatic heterocycles. The van der Waals surface area contributed by atoms with Crippen molar-refractivity contribution in [2.45, 2.75) is 31.8 Å². The Bertz CT molecular complexity index is 1110. The second kappa shape index (κ2) is 9.48. The van der Waals surface area contributed by atoms with Gasteiger partial charge in [0.15, 0.2) is 5.82 Å². The van der Waals surface area contributed by atoms with Gasteiger partial charge in [0.05, 0.1) is 17.4 Å². The third-order valence-electron chi connectivity index (χ3n) is 5.97. The lowest BCUT2D eigenvalue weighted by molar-refractivity contribution is 0.0487. The summed E-state index contributed by atoms with van der Waals surface area (Å²) in [5.74, 6) is 0.488. The van der Waals surface area contributed by atoms with Crippen molar-refractivity contribution < 1.29 is 23.4 Å². The molecule has 1 aromatic carbocycles. The van der Waals surface area contributed by atoms with Crippen molar-refractivity contribution in [3.05, 3.63) is 51.9 Å². The average molecular weight is 460 g/mol. The number of methoxy groups -OCH3 is 2. The lowest BCUT2D eigenvalue weighted by atomic mass is 9.74. The molecule has 1 N–H and O–H groups in total. The molecule has 1 fully saturated rings. The van der Waals surface area contributed by atoms with E-state index in [-0.39, 0.29) is 23.7 Å². The summed E-state index contributed by atoms with van der Waals surface area (Å²) in [6.07, 6.45) is 1.51. The molecule has 9 heteroatoms. The van der Waals surface area contributed by atoms with Gasteiger partial charge in [-0.15, -0.1) is 11.3 Å². The first-order valence-corrected chi connectivity index (χ1v) is 11.2. The van der Waals surface area contributed by atoms with E-state index in [1.165, 1.54) is 23.5 Å². The molecule has 32 heavy (non-hydrogen) atoms. The Morgan fingerprint density at radius 1 is 1.22 bits per heavy atom. The van der Waals surface area contributed by atoms with Crippen LogP contribution in [0.15, 0.2) is 24.3 Å². The Morgan fingerprint density at radius 2 is 1.94 bits per heavy atom. The number of hydrogen-bond acceptors (Lipinski definition) is 7. The van der Waals surface area contributed by atoms with Crippen LogP contribution in [0.25, 0.3) is 10.2 Å². The third kappa shape index (κ3) is 4.32. The lowest BCUT2D eigenvalue weighted by Gasteiger charge is -2.38. The normalized spacial score (nSPS) is 15.6. The molecule has 7 nitrogen and oxygen atoms in total. The van der Waals surface area contributed by atoms with Crippen molar-refractivity contribution in [1.29, 1.82) is 0 Å². The molecule has 3 aromatic rings. The summed E-state index contributed by atoms with van der Waals surface area (Å²) in [6, 6.07) is 6.53. The van der Waals surface area contributed by atoms with E-state index in [4.69, 9.17) is 14.2 Å². The second-order valence-electron chi connectivity index (χ2n) is 7.90. The van der Waals surface area contributed by atoms with Crippen molar-refractivity contribution in [3.8, 4) is 5.88 Å². The lowest BCUT2D eigenvalue weighted by Crippen LogP contribution is -2.44. The Morgan fingerprint density at radius 3 is 2.59 bits per heavy atom. The van der Waals surface area contributed by atoms with Crippen molar-refractivity contribution in [1.82, 2.24) is 15.3 Å². The Labute approximate surface area is 189 Å². The first kappa shape index (κ1) is 22.6. The summed E-state index contributed by atoms with van der Waals surface area (Å²) in [5, 5.41) is 3.85. The maximum Gasteiger partial charge on any atom is 0.261 e. The van der Waals surface area contributed by atoms with Gasteiger partial charge in [0.1, 0.15) is 17.3 Å². The van der Waals surface area contributed by atoms with E-state index in [2.05, 4.69) is 15.3 Å². The number of carbonyl (C=O) groups excluding carboxylic acids is 1. The smallest absolute Gasteiger partial charge is 0.261 e. The molecule has 4 rings (SSSR count). The van der Waals surface area contributed by atoms with Gasteiger partial charge < -0.3 is 19.5 Å². The molecular weight excluding hydrogens is 433 g/mol. The van der Waals surface area contributed by atoms with Crippen molar-refractivity contribution in [2.24, 2.45) is 0 Å². The zero-order chi connectivity index (χ0) is 22.7. The van der Waals surface area contributed by atoms with Crippen LogP contribution in [0.5, 0.6) is 5.88 Å². The number of halogens is 1. The van der Waals surface area contributed by atoms with Crippen molar-refractivity contribution in [3.63, 3.8) is 0 Å². The number of aryl methyl sites for hydroxylation is 1. The Hall–Kier alpha value is -2.62. The number of nitrogens with one attached hydrogen (secondary N) is 1. The molecule has 3 heterocycles. The van der Waals surface area contributed by atoms with Gasteiger partial charge >= 0.3 is 0 Å². The van der Waals surface area contributed by atoms with Crippen LogP contribution in [0.2, 0.25) is 0 Å². The van der Waals surface area contributed by atoms with Crippen LogP contribution in [-0.2, 0) is 21.5 Å². The predicted molar refractivity (Wildman–Crippen MR) is 120 cm³/mol. The molecular formula is C23H26FN3O4S. The number of ether oxygens (including phenoxy) is 3. The maximum atomic E-state index is 13.5. The number of carbonyl (C=O) groups is 1. The van der Waals surface area contributed by atoms with E-state index >= 15 is 0 Å². The maximum absolute atomic E-state index is 13.5. The topological polar surface area (TPSA) is 82.6 Å². The summed E-state index contributed by atoms with van der Waals surface area (Å²) < 4.78 is 29.6. The van der Waals surface area contributed by atoms with Crippen LogP contribution in [0.1, 0.15) is 39.5 Å². The summed E-state index contributed by atoms with van der Waals surface area (Å²) in [7, 11) is 3.12. The molecule has 1 amide bonds. The van der Waals surface area contributed by atoms with Gasteiger partial charge in [0.25, 0.3) is 5.91 Å². The fourth-order valence-corrected chi connectivity index (χ4v) is 5.27. The Balaban J connectivity index is 1.61. The molecule has 170 valence electrons. The molecule has 1 aliphatic rings. The molecule has 0 atom stereocenters. The minimum Gasteiger partial charge on any atom is -0.480 e. The summed E-state index contributed by atoms with van der Waals surface area (Å²) >= 11 is 1.31. The van der Waals surface area contributed by atoms with E-state index < -0.39 is 0 Å². The molecule has 2 aromatic heterocycles. The van der Waals surface area contributed by atoms with Crippen LogP contribution in [0.4, 0.5) is 4.39 Å². The molecule has 0 aliphatic carbocycles. The molecule has 0 radical (unpaired) electrons. The Kier molecular flexibility index (Phi) is 6.68. The number of fused-ring (bicyclic) bond motifs is 1. The van der Waals surface area contributed by atoms with E-state index in [0.717, 1.165) is 29.4 Å². The molecule has 0 spiro atoms. The molecule has 0 unspecified atom stereocenters. The monoisotopic (exact) mass is 459 g/mol. The van der Waals surface area contributed by atoms with Crippen LogP contribution < -0.4 is 10.1 Å². The van der Waals surface area contributed by atoms with Gasteiger partial charge in [-0.3, -0.25) is 4.79 Å². The van der Waals surface area contributed by atoms with Crippen molar-refractivity contribution >= 4 is 27.5 Å². The quantitative estimate of drug-likeness (QED) is 0.579. The largest absolute Gasteiger partial charge is 0.480 e. The van der Waals surface area contributed by atoms with Gasteiger partial charge in [-0.05, 0) is 43.0 Å². The molecule has 0 saturated carbocycles. The molecule has 1 saturated heterocycles. The zero-order valence-corrected chi connectivity index (χ0v) is 19.2. The third-order valence-corrected chi connectivity index (χ3v) is 7.15. The highest BCUT2D eigenvalue weighted by Crippen LogP contribution is 2.37. The minimum absolute atomic E-state index is 0.172. The van der Waals surface area contributed by atoms with Crippen LogP contribution in [0.3, 0.4) is 0 Å². The number of benzene rings is 1. The summed E-state index contributed by atoms with van der Waals surface area (Å²) in [4.78, 5) is 23.4. The highest BCUT2D eigenvalue weighted by molar-refractivity contribution is 7.20. The van der Waals surface area contributed by atoms with Gasteiger partial charge in [-0.2, -0.15) is 4.98 Å². The second-order valence-corrected chi connectivity index (χ2v) is 8.90. The summed E-state index contributed by atoms with van der Waals surface area (Å²) in [6.45, 7) is 3.77. The first-order valence-electron chi connectivity index (χ1n) is 10.4. The molecule has 0 bridgehead atoms. The first-order chi connectivity index (χ1) is 15.5. The fourth-order valence-electron chi connectivity index (χ4n) is 4.16. The van der Waals surface area contributed by atoms with Crippen LogP contribution in [0, 0.1) is 12.7 Å². The van der Waals surface area contributed by atoms with Crippen LogP contribution >= 0.6 is 11.3 Å². The average Bonchev–Trinajstić information content (AvgIpc) is 3.14. The zero-order valence-electron chi connectivity index (χ0n) is 18.4. The fraction of sp³-hybridized carbons (Fsp3) is 0.435. The number of thiophene rings is 1. The van der Waals surface area contributed by atoms with Gasteiger partial charge in [0, 0.05) is 32.3 Å². The van der Waals surface area contributed by atoms with Gasteiger partial charge in [0.2, 0.25) is 5.88 Å². The SMILES string of the molecule is COCc1nc(OC)c2c(C)c(C(=O)NCC3(c4ccc(F)cc4)CCOCC3)sc2n1. The van der Waals surface area contributed by atoms with E-state index in [1.54, 1.807) is 26.4 Å². The summed E-state index contributed by atoms with van der Waals surface area (Å²) in [5.41, 5.74) is 1.49. The number of hydrogen-bond donors (Lipinski definition) is 1.